The van der Waals surface area contributed by atoms with Crippen molar-refractivity contribution in [3.8, 4) is 11.5 Å². The average Bonchev–Trinajstić information content (AvgIpc) is 3.14. The molecular formula is C25H23ClN3O4+. The highest BCUT2D eigenvalue weighted by Gasteiger charge is 2.47. The molecule has 1 aliphatic heterocycles. The average molecular weight is 465 g/mol. The van der Waals surface area contributed by atoms with E-state index in [2.05, 4.69) is 10.7 Å². The van der Waals surface area contributed by atoms with E-state index in [0.717, 1.165) is 11.1 Å². The maximum atomic E-state index is 12.9. The molecule has 4 rings (SSSR count). The van der Waals surface area contributed by atoms with Crippen LogP contribution < -0.4 is 20.2 Å². The topological polar surface area (TPSA) is 79.7 Å². The largest absolute Gasteiger partial charge is 0.497 e. The van der Waals surface area contributed by atoms with Gasteiger partial charge in [-0.15, -0.1) is 10.1 Å². The van der Waals surface area contributed by atoms with Gasteiger partial charge in [-0.2, -0.15) is 0 Å². The normalized spacial score (nSPS) is 18.6. The van der Waals surface area contributed by atoms with E-state index in [0.29, 0.717) is 22.1 Å². The van der Waals surface area contributed by atoms with Gasteiger partial charge in [0.05, 0.1) is 14.2 Å². The van der Waals surface area contributed by atoms with Gasteiger partial charge in [0.1, 0.15) is 11.5 Å². The van der Waals surface area contributed by atoms with Crippen LogP contribution in [-0.4, -0.2) is 43.0 Å². The standard InChI is InChI=1S/C25H22ClN3O4/c1-32-20-11-5-17(6-12-20)23-22(27-24(30)18-7-13-21(33-2)14-8-18)25(31)28-29(23)15-16-3-9-19(26)10-4-16/h3-15,22-23H,1-2H3,(H-,27,28,30,31)/p+1/b29-15-/t22-,23-/m1/s1. The molecule has 0 aliphatic carbocycles. The summed E-state index contributed by atoms with van der Waals surface area (Å²) in [6.07, 6.45) is 1.81. The summed E-state index contributed by atoms with van der Waals surface area (Å²) in [6, 6.07) is 20.0. The predicted octanol–water partition coefficient (Wildman–Crippen LogP) is 3.37. The third-order valence-corrected chi connectivity index (χ3v) is 5.64. The number of nitrogens with zero attached hydrogens (tertiary/aromatic N) is 1. The maximum absolute atomic E-state index is 12.9. The summed E-state index contributed by atoms with van der Waals surface area (Å²) in [4.78, 5) is 25.9. The number of amides is 2. The van der Waals surface area contributed by atoms with E-state index >= 15 is 0 Å². The zero-order chi connectivity index (χ0) is 23.4. The first-order valence-electron chi connectivity index (χ1n) is 10.3. The molecule has 0 spiro atoms. The highest BCUT2D eigenvalue weighted by molar-refractivity contribution is 6.30. The van der Waals surface area contributed by atoms with E-state index < -0.39 is 12.1 Å². The van der Waals surface area contributed by atoms with Crippen molar-refractivity contribution < 1.29 is 23.7 Å². The number of benzene rings is 3. The van der Waals surface area contributed by atoms with Crippen molar-refractivity contribution in [2.24, 2.45) is 0 Å². The van der Waals surface area contributed by atoms with Crippen LogP contribution in [0.25, 0.3) is 0 Å². The van der Waals surface area contributed by atoms with Crippen LogP contribution in [0.1, 0.15) is 27.5 Å². The first kappa shape index (κ1) is 22.4. The van der Waals surface area contributed by atoms with E-state index in [9.17, 15) is 9.59 Å². The smallest absolute Gasteiger partial charge is 0.304 e. The van der Waals surface area contributed by atoms with E-state index in [1.54, 1.807) is 55.3 Å². The van der Waals surface area contributed by atoms with Crippen molar-refractivity contribution >= 4 is 29.6 Å². The molecule has 0 bridgehead atoms. The van der Waals surface area contributed by atoms with Crippen LogP contribution in [0.3, 0.4) is 0 Å². The fraction of sp³-hybridized carbons (Fsp3) is 0.160. The molecule has 3 aromatic carbocycles. The summed E-state index contributed by atoms with van der Waals surface area (Å²) in [5.74, 6) is 0.667. The lowest BCUT2D eigenvalue weighted by Gasteiger charge is -2.15. The van der Waals surface area contributed by atoms with Crippen LogP contribution in [0, 0.1) is 0 Å². The third kappa shape index (κ3) is 4.99. The molecule has 0 unspecified atom stereocenters. The molecule has 2 atom stereocenters. The Bertz CT molecular complexity index is 1180. The minimum absolute atomic E-state index is 0.317. The first-order valence-corrected chi connectivity index (χ1v) is 10.6. The Kier molecular flexibility index (Phi) is 6.60. The number of nitrogens with one attached hydrogen (secondary N) is 2. The molecule has 2 N–H and O–H groups in total. The van der Waals surface area contributed by atoms with Crippen LogP contribution in [0.5, 0.6) is 11.5 Å². The molecule has 0 saturated carbocycles. The number of halogens is 1. The van der Waals surface area contributed by atoms with E-state index in [4.69, 9.17) is 21.1 Å². The van der Waals surface area contributed by atoms with Gasteiger partial charge in [-0.25, -0.2) is 0 Å². The van der Waals surface area contributed by atoms with Crippen molar-refractivity contribution in [3.63, 3.8) is 0 Å². The lowest BCUT2D eigenvalue weighted by atomic mass is 9.99. The van der Waals surface area contributed by atoms with Gasteiger partial charge in [0.25, 0.3) is 5.91 Å². The van der Waals surface area contributed by atoms with Gasteiger partial charge in [-0.1, -0.05) is 11.6 Å². The molecule has 8 heteroatoms. The Hall–Kier alpha value is -3.84. The minimum atomic E-state index is -0.823. The van der Waals surface area contributed by atoms with Crippen LogP contribution >= 0.6 is 11.6 Å². The number of hydrazine groups is 1. The van der Waals surface area contributed by atoms with Crippen LogP contribution in [0.15, 0.2) is 72.8 Å². The summed E-state index contributed by atoms with van der Waals surface area (Å²) >= 11 is 6.00. The number of carbonyl (C=O) groups excluding carboxylic acids is 2. The fourth-order valence-electron chi connectivity index (χ4n) is 3.66. The Morgan fingerprint density at radius 3 is 2.09 bits per heavy atom. The summed E-state index contributed by atoms with van der Waals surface area (Å²) < 4.78 is 12.1. The molecule has 33 heavy (non-hydrogen) atoms. The molecule has 1 aliphatic rings. The van der Waals surface area contributed by atoms with E-state index in [1.165, 1.54) is 0 Å². The third-order valence-electron chi connectivity index (χ3n) is 5.39. The molecular weight excluding hydrogens is 442 g/mol. The second-order valence-electron chi connectivity index (χ2n) is 7.46. The van der Waals surface area contributed by atoms with E-state index in [-0.39, 0.29) is 11.8 Å². The number of rotatable bonds is 6. The zero-order valence-electron chi connectivity index (χ0n) is 18.1. The Balaban J connectivity index is 1.67. The molecule has 1 fully saturated rings. The van der Waals surface area contributed by atoms with Gasteiger partial charge in [0.15, 0.2) is 6.04 Å². The van der Waals surface area contributed by atoms with Crippen molar-refractivity contribution in [1.82, 2.24) is 10.7 Å². The van der Waals surface area contributed by atoms with Crippen molar-refractivity contribution in [2.45, 2.75) is 12.1 Å². The second kappa shape index (κ2) is 9.75. The number of ether oxygens (including phenoxy) is 2. The molecule has 0 radical (unpaired) electrons. The molecule has 1 saturated heterocycles. The van der Waals surface area contributed by atoms with E-state index in [1.807, 2.05) is 42.6 Å². The Morgan fingerprint density at radius 2 is 1.52 bits per heavy atom. The zero-order valence-corrected chi connectivity index (χ0v) is 18.9. The first-order chi connectivity index (χ1) is 16.0. The summed E-state index contributed by atoms with van der Waals surface area (Å²) in [5, 5.41) is 3.50. The van der Waals surface area contributed by atoms with Crippen molar-refractivity contribution in [3.05, 3.63) is 94.5 Å². The van der Waals surface area contributed by atoms with Gasteiger partial charge >= 0.3 is 5.91 Å². The molecule has 3 aromatic rings. The molecule has 7 nitrogen and oxygen atoms in total. The fourth-order valence-corrected chi connectivity index (χ4v) is 3.78. The lowest BCUT2D eigenvalue weighted by Crippen LogP contribution is -2.42. The molecule has 1 heterocycles. The number of hydrogen-bond donors (Lipinski definition) is 2. The predicted molar refractivity (Wildman–Crippen MR) is 125 cm³/mol. The summed E-state index contributed by atoms with van der Waals surface area (Å²) in [6.45, 7) is 0. The highest BCUT2D eigenvalue weighted by atomic mass is 35.5. The van der Waals surface area contributed by atoms with Crippen molar-refractivity contribution in [1.29, 1.82) is 0 Å². The van der Waals surface area contributed by atoms with Gasteiger partial charge in [0, 0.05) is 21.7 Å². The van der Waals surface area contributed by atoms with Crippen LogP contribution in [0.2, 0.25) is 5.02 Å². The van der Waals surface area contributed by atoms with Gasteiger partial charge in [0.2, 0.25) is 12.3 Å². The maximum Gasteiger partial charge on any atom is 0.304 e. The molecule has 2 amide bonds. The highest BCUT2D eigenvalue weighted by Crippen LogP contribution is 2.27. The Labute approximate surface area is 196 Å². The van der Waals surface area contributed by atoms with Crippen molar-refractivity contribution in [2.75, 3.05) is 14.2 Å². The number of hydrogen-bond acceptors (Lipinski definition) is 4. The number of hydrazone groups is 1. The SMILES string of the molecule is COc1ccc(C(=O)N[C@H]2C(=O)N/[N+](=C\c3ccc(Cl)cc3)[C@@H]2c2ccc(OC)cc2)cc1. The monoisotopic (exact) mass is 464 g/mol. The molecule has 0 aromatic heterocycles. The van der Waals surface area contributed by atoms with Gasteiger partial charge < -0.3 is 14.8 Å². The Morgan fingerprint density at radius 1 is 0.939 bits per heavy atom. The summed E-state index contributed by atoms with van der Waals surface area (Å²) in [7, 11) is 3.15. The molecule has 168 valence electrons. The van der Waals surface area contributed by atoms with Crippen LogP contribution in [0.4, 0.5) is 0 Å². The number of carbonyl (C=O) groups is 2. The minimum Gasteiger partial charge on any atom is -0.497 e. The van der Waals surface area contributed by atoms with Crippen LogP contribution in [-0.2, 0) is 4.79 Å². The second-order valence-corrected chi connectivity index (χ2v) is 7.90. The lowest BCUT2D eigenvalue weighted by molar-refractivity contribution is -0.596. The van der Waals surface area contributed by atoms with Gasteiger partial charge in [-0.3, -0.25) is 9.59 Å². The number of methoxy groups -OCH3 is 2. The summed E-state index contributed by atoms with van der Waals surface area (Å²) in [5.41, 5.74) is 4.97. The quantitative estimate of drug-likeness (QED) is 0.548. The van der Waals surface area contributed by atoms with Gasteiger partial charge in [-0.05, 0) is 72.8 Å².